The number of nitrogens with zero attached hydrogens (tertiary/aromatic N) is 2. The summed E-state index contributed by atoms with van der Waals surface area (Å²) in [5, 5.41) is 11.7. The van der Waals surface area contributed by atoms with Crippen molar-refractivity contribution in [3.8, 4) is 11.5 Å². The first-order valence-corrected chi connectivity index (χ1v) is 8.89. The topological polar surface area (TPSA) is 73.3 Å². The lowest BCUT2D eigenvalue weighted by atomic mass is 10.1. The molecule has 0 saturated carbocycles. The summed E-state index contributed by atoms with van der Waals surface area (Å²) < 4.78 is 11.1. The molecular formula is C18H23N3O3S. The number of amides is 1. The smallest absolute Gasteiger partial charge is 0.250 e. The first kappa shape index (κ1) is 18.9. The molecule has 0 atom stereocenters. The average molecular weight is 361 g/mol. The molecule has 1 amide bonds. The number of hydrogen-bond acceptors (Lipinski definition) is 6. The zero-order chi connectivity index (χ0) is 18.2. The van der Waals surface area contributed by atoms with E-state index in [9.17, 15) is 4.79 Å². The van der Waals surface area contributed by atoms with Gasteiger partial charge in [0.25, 0.3) is 0 Å². The van der Waals surface area contributed by atoms with Gasteiger partial charge in [-0.25, -0.2) is 0 Å². The standard InChI is InChI=1S/C18H23N3O3S/c1-12(2)9-10-24-15-7-5-14(11-16(15)23-4)6-8-17(22)19-18-21-20-13(3)25-18/h5-8,11-12H,9-10H2,1-4H3,(H,19,21,22)/b8-6+. The van der Waals surface area contributed by atoms with Crippen molar-refractivity contribution in [2.24, 2.45) is 5.92 Å². The third kappa shape index (κ3) is 6.19. The van der Waals surface area contributed by atoms with E-state index in [-0.39, 0.29) is 5.91 Å². The second kappa shape index (κ2) is 9.17. The summed E-state index contributed by atoms with van der Waals surface area (Å²) in [5.41, 5.74) is 0.844. The molecule has 0 radical (unpaired) electrons. The molecule has 2 aromatic rings. The van der Waals surface area contributed by atoms with Gasteiger partial charge in [-0.15, -0.1) is 10.2 Å². The number of aryl methyl sites for hydroxylation is 1. The zero-order valence-electron chi connectivity index (χ0n) is 14.9. The monoisotopic (exact) mass is 361 g/mol. The second-order valence-electron chi connectivity index (χ2n) is 5.89. The number of hydrogen-bond donors (Lipinski definition) is 1. The molecule has 0 fully saturated rings. The van der Waals surface area contributed by atoms with Gasteiger partial charge in [0.2, 0.25) is 11.0 Å². The molecule has 6 nitrogen and oxygen atoms in total. The number of ether oxygens (including phenoxy) is 2. The molecule has 1 heterocycles. The van der Waals surface area contributed by atoms with E-state index in [1.165, 1.54) is 17.4 Å². The van der Waals surface area contributed by atoms with E-state index in [4.69, 9.17) is 9.47 Å². The van der Waals surface area contributed by atoms with Gasteiger partial charge in [-0.2, -0.15) is 0 Å². The highest BCUT2D eigenvalue weighted by Crippen LogP contribution is 2.29. The van der Waals surface area contributed by atoms with Crippen molar-refractivity contribution in [2.45, 2.75) is 27.2 Å². The number of benzene rings is 1. The maximum atomic E-state index is 11.9. The largest absolute Gasteiger partial charge is 0.493 e. The van der Waals surface area contributed by atoms with Crippen LogP contribution in [-0.4, -0.2) is 29.8 Å². The van der Waals surface area contributed by atoms with E-state index < -0.39 is 0 Å². The van der Waals surface area contributed by atoms with Gasteiger partial charge >= 0.3 is 0 Å². The summed E-state index contributed by atoms with van der Waals surface area (Å²) in [6.07, 6.45) is 4.14. The van der Waals surface area contributed by atoms with Crippen LogP contribution in [0.2, 0.25) is 0 Å². The Morgan fingerprint density at radius 2 is 2.12 bits per heavy atom. The van der Waals surface area contributed by atoms with Gasteiger partial charge in [-0.3, -0.25) is 10.1 Å². The van der Waals surface area contributed by atoms with Crippen LogP contribution in [0.5, 0.6) is 11.5 Å². The van der Waals surface area contributed by atoms with Gasteiger partial charge in [0.15, 0.2) is 11.5 Å². The van der Waals surface area contributed by atoms with E-state index in [0.717, 1.165) is 17.0 Å². The maximum absolute atomic E-state index is 11.9. The molecule has 0 aliphatic carbocycles. The van der Waals surface area contributed by atoms with Crippen LogP contribution in [0.1, 0.15) is 30.8 Å². The molecule has 25 heavy (non-hydrogen) atoms. The Bertz CT molecular complexity index is 741. The maximum Gasteiger partial charge on any atom is 0.250 e. The Morgan fingerprint density at radius 1 is 1.32 bits per heavy atom. The third-order valence-electron chi connectivity index (χ3n) is 3.32. The van der Waals surface area contributed by atoms with Gasteiger partial charge in [0, 0.05) is 6.08 Å². The van der Waals surface area contributed by atoms with Crippen molar-refractivity contribution in [3.63, 3.8) is 0 Å². The van der Waals surface area contributed by atoms with E-state index in [1.807, 2.05) is 25.1 Å². The first-order chi connectivity index (χ1) is 12.0. The van der Waals surface area contributed by atoms with Crippen LogP contribution < -0.4 is 14.8 Å². The van der Waals surface area contributed by atoms with Gasteiger partial charge in [-0.05, 0) is 43.0 Å². The van der Waals surface area contributed by atoms with Crippen LogP contribution in [0.4, 0.5) is 5.13 Å². The minimum atomic E-state index is -0.257. The van der Waals surface area contributed by atoms with Gasteiger partial charge in [0.1, 0.15) is 5.01 Å². The van der Waals surface area contributed by atoms with Crippen molar-refractivity contribution >= 4 is 28.5 Å². The number of carbonyl (C=O) groups is 1. The SMILES string of the molecule is COc1cc(/C=C/C(=O)Nc2nnc(C)s2)ccc1OCCC(C)C. The zero-order valence-corrected chi connectivity index (χ0v) is 15.7. The van der Waals surface area contributed by atoms with Crippen molar-refractivity contribution in [3.05, 3.63) is 34.8 Å². The Morgan fingerprint density at radius 3 is 2.76 bits per heavy atom. The lowest BCUT2D eigenvalue weighted by molar-refractivity contribution is -0.111. The van der Waals surface area contributed by atoms with Crippen LogP contribution in [0, 0.1) is 12.8 Å². The molecule has 0 unspecified atom stereocenters. The molecule has 1 N–H and O–H groups in total. The number of aromatic nitrogens is 2. The van der Waals surface area contributed by atoms with Crippen molar-refractivity contribution < 1.29 is 14.3 Å². The van der Waals surface area contributed by atoms with Gasteiger partial charge in [0.05, 0.1) is 13.7 Å². The van der Waals surface area contributed by atoms with Gasteiger partial charge in [-0.1, -0.05) is 31.3 Å². The number of nitrogens with one attached hydrogen (secondary N) is 1. The first-order valence-electron chi connectivity index (χ1n) is 8.08. The third-order valence-corrected chi connectivity index (χ3v) is 4.08. The fourth-order valence-electron chi connectivity index (χ4n) is 1.98. The summed E-state index contributed by atoms with van der Waals surface area (Å²) in [6, 6.07) is 5.57. The molecule has 0 bridgehead atoms. The van der Waals surface area contributed by atoms with Crippen LogP contribution in [0.15, 0.2) is 24.3 Å². The number of methoxy groups -OCH3 is 1. The molecule has 0 aliphatic rings. The molecule has 2 rings (SSSR count). The summed E-state index contributed by atoms with van der Waals surface area (Å²) in [5.74, 6) is 1.68. The predicted molar refractivity (Wildman–Crippen MR) is 100 cm³/mol. The Kier molecular flexibility index (Phi) is 6.94. The van der Waals surface area contributed by atoms with E-state index in [2.05, 4.69) is 29.4 Å². The van der Waals surface area contributed by atoms with Crippen LogP contribution in [0.25, 0.3) is 6.08 Å². The van der Waals surface area contributed by atoms with Crippen molar-refractivity contribution in [2.75, 3.05) is 19.0 Å². The average Bonchev–Trinajstić information content (AvgIpc) is 2.98. The van der Waals surface area contributed by atoms with E-state index in [0.29, 0.717) is 29.2 Å². The Labute approximate surface area is 151 Å². The highest BCUT2D eigenvalue weighted by atomic mass is 32.1. The minimum absolute atomic E-state index is 0.257. The van der Waals surface area contributed by atoms with Crippen molar-refractivity contribution in [1.29, 1.82) is 0 Å². The van der Waals surface area contributed by atoms with Crippen molar-refractivity contribution in [1.82, 2.24) is 10.2 Å². The molecule has 7 heteroatoms. The predicted octanol–water partition coefficient (Wildman–Crippen LogP) is 3.93. The minimum Gasteiger partial charge on any atom is -0.493 e. The van der Waals surface area contributed by atoms with Crippen LogP contribution in [-0.2, 0) is 4.79 Å². The summed E-state index contributed by atoms with van der Waals surface area (Å²) >= 11 is 1.33. The Hall–Kier alpha value is -2.41. The molecule has 134 valence electrons. The fourth-order valence-corrected chi connectivity index (χ4v) is 2.57. The Balaban J connectivity index is 1.98. The summed E-state index contributed by atoms with van der Waals surface area (Å²) in [7, 11) is 1.60. The van der Waals surface area contributed by atoms with Gasteiger partial charge < -0.3 is 9.47 Å². The number of rotatable bonds is 8. The number of carbonyl (C=O) groups excluding carboxylic acids is 1. The highest BCUT2D eigenvalue weighted by Gasteiger charge is 2.06. The van der Waals surface area contributed by atoms with Crippen LogP contribution >= 0.6 is 11.3 Å². The highest BCUT2D eigenvalue weighted by molar-refractivity contribution is 7.15. The molecule has 0 saturated heterocycles. The van der Waals surface area contributed by atoms with Crippen LogP contribution in [0.3, 0.4) is 0 Å². The molecule has 0 spiro atoms. The molecule has 1 aromatic heterocycles. The van der Waals surface area contributed by atoms with E-state index in [1.54, 1.807) is 13.2 Å². The second-order valence-corrected chi connectivity index (χ2v) is 7.07. The molecule has 0 aliphatic heterocycles. The summed E-state index contributed by atoms with van der Waals surface area (Å²) in [4.78, 5) is 11.9. The molecule has 1 aromatic carbocycles. The lowest BCUT2D eigenvalue weighted by Gasteiger charge is -2.12. The van der Waals surface area contributed by atoms with E-state index >= 15 is 0 Å². The molecular weight excluding hydrogens is 338 g/mol. The quantitative estimate of drug-likeness (QED) is 0.721. The normalized spacial score (nSPS) is 11.1. The fraction of sp³-hybridized carbons (Fsp3) is 0.389. The summed E-state index contributed by atoms with van der Waals surface area (Å²) in [6.45, 7) is 6.79. The lowest BCUT2D eigenvalue weighted by Crippen LogP contribution is -2.07. The number of anilines is 1.